The van der Waals surface area contributed by atoms with E-state index in [-0.39, 0.29) is 17.1 Å². The summed E-state index contributed by atoms with van der Waals surface area (Å²) in [7, 11) is 0. The van der Waals surface area contributed by atoms with Gasteiger partial charge in [0.2, 0.25) is 0 Å². The topological polar surface area (TPSA) is 91.2 Å². The van der Waals surface area contributed by atoms with E-state index in [0.29, 0.717) is 24.8 Å². The molecule has 26 heavy (non-hydrogen) atoms. The Labute approximate surface area is 154 Å². The standard InChI is InChI=1S/C19H15N3O3S/c20-10-13(19-21-14-3-1-2-4-15(14)22-19)16(23)11-26-12-5-6-17-18(9-12)25-8-7-24-17/h1-6,9,23H,7-8,11H2,(H,21,22)/b16-13-. The second kappa shape index (κ2) is 7.02. The Balaban J connectivity index is 1.55. The van der Waals surface area contributed by atoms with E-state index in [1.807, 2.05) is 48.5 Å². The Hall–Kier alpha value is -3.11. The van der Waals surface area contributed by atoms with Gasteiger partial charge in [-0.3, -0.25) is 0 Å². The molecule has 2 heterocycles. The lowest BCUT2D eigenvalue weighted by Crippen LogP contribution is -2.15. The summed E-state index contributed by atoms with van der Waals surface area (Å²) >= 11 is 1.41. The molecule has 0 fully saturated rings. The van der Waals surface area contributed by atoms with E-state index in [2.05, 4.69) is 9.97 Å². The lowest BCUT2D eigenvalue weighted by Gasteiger charge is -2.18. The number of hydrogen-bond donors (Lipinski definition) is 2. The van der Waals surface area contributed by atoms with Crippen molar-refractivity contribution in [3.05, 3.63) is 54.0 Å². The number of para-hydroxylation sites is 2. The summed E-state index contributed by atoms with van der Waals surface area (Å²) in [6.07, 6.45) is 0. The second-order valence-corrected chi connectivity index (χ2v) is 6.68. The molecule has 7 heteroatoms. The minimum atomic E-state index is -0.0218. The largest absolute Gasteiger partial charge is 0.510 e. The van der Waals surface area contributed by atoms with E-state index >= 15 is 0 Å². The number of allylic oxidation sites excluding steroid dienone is 1. The fourth-order valence-corrected chi connectivity index (χ4v) is 3.47. The fraction of sp³-hybridized carbons (Fsp3) is 0.158. The zero-order valence-corrected chi connectivity index (χ0v) is 14.5. The first-order valence-electron chi connectivity index (χ1n) is 8.04. The van der Waals surface area contributed by atoms with Crippen molar-refractivity contribution in [3.8, 4) is 17.6 Å². The van der Waals surface area contributed by atoms with E-state index in [1.54, 1.807) is 0 Å². The van der Waals surface area contributed by atoms with Crippen molar-refractivity contribution < 1.29 is 14.6 Å². The van der Waals surface area contributed by atoms with E-state index < -0.39 is 0 Å². The Bertz CT molecular complexity index is 1000. The molecule has 0 aliphatic carbocycles. The number of imidazole rings is 1. The number of ether oxygens (including phenoxy) is 2. The van der Waals surface area contributed by atoms with Crippen LogP contribution in [0.2, 0.25) is 0 Å². The molecule has 3 aromatic rings. The molecular formula is C19H15N3O3S. The number of nitrogens with one attached hydrogen (secondary N) is 1. The maximum Gasteiger partial charge on any atom is 0.162 e. The number of fused-ring (bicyclic) bond motifs is 2. The van der Waals surface area contributed by atoms with Gasteiger partial charge < -0.3 is 19.6 Å². The van der Waals surface area contributed by atoms with Crippen LogP contribution in [0.25, 0.3) is 16.6 Å². The molecule has 130 valence electrons. The van der Waals surface area contributed by atoms with Gasteiger partial charge in [0.1, 0.15) is 30.6 Å². The van der Waals surface area contributed by atoms with E-state index in [9.17, 15) is 10.4 Å². The molecule has 1 aliphatic heterocycles. The molecule has 0 radical (unpaired) electrons. The molecule has 2 aromatic carbocycles. The van der Waals surface area contributed by atoms with Crippen LogP contribution in [0.15, 0.2) is 53.1 Å². The van der Waals surface area contributed by atoms with Crippen molar-refractivity contribution >= 4 is 28.4 Å². The number of benzene rings is 2. The lowest BCUT2D eigenvalue weighted by atomic mass is 10.2. The highest BCUT2D eigenvalue weighted by Gasteiger charge is 2.15. The van der Waals surface area contributed by atoms with Crippen molar-refractivity contribution in [1.29, 1.82) is 5.26 Å². The molecule has 0 unspecified atom stereocenters. The average Bonchev–Trinajstić information content (AvgIpc) is 3.10. The SMILES string of the molecule is N#C/C(=C(/O)CSc1ccc2c(c1)OCCO2)c1nc2ccccc2[nH]1. The number of rotatable bonds is 4. The van der Waals surface area contributed by atoms with Gasteiger partial charge in [0.05, 0.1) is 16.8 Å². The van der Waals surface area contributed by atoms with Crippen molar-refractivity contribution in [1.82, 2.24) is 9.97 Å². The first-order valence-corrected chi connectivity index (χ1v) is 9.03. The quantitative estimate of drug-likeness (QED) is 0.414. The number of hydrogen-bond acceptors (Lipinski definition) is 6. The van der Waals surface area contributed by atoms with Crippen LogP contribution >= 0.6 is 11.8 Å². The zero-order valence-electron chi connectivity index (χ0n) is 13.7. The molecule has 0 spiro atoms. The van der Waals surface area contributed by atoms with Gasteiger partial charge in [0.25, 0.3) is 0 Å². The minimum Gasteiger partial charge on any atom is -0.510 e. The highest BCUT2D eigenvalue weighted by molar-refractivity contribution is 7.99. The summed E-state index contributed by atoms with van der Waals surface area (Å²) in [4.78, 5) is 8.36. The van der Waals surface area contributed by atoms with Crippen LogP contribution in [-0.2, 0) is 0 Å². The van der Waals surface area contributed by atoms with Crippen LogP contribution in [0.1, 0.15) is 5.82 Å². The zero-order chi connectivity index (χ0) is 17.9. The molecular weight excluding hydrogens is 350 g/mol. The number of H-pyrrole nitrogens is 1. The highest BCUT2D eigenvalue weighted by Crippen LogP contribution is 2.35. The number of aliphatic hydroxyl groups excluding tert-OH is 1. The first-order chi connectivity index (χ1) is 12.7. The third-order valence-corrected chi connectivity index (χ3v) is 4.92. The number of aliphatic hydroxyl groups is 1. The molecule has 0 amide bonds. The number of nitriles is 1. The predicted octanol–water partition coefficient (Wildman–Crippen LogP) is 3.92. The molecule has 0 bridgehead atoms. The Morgan fingerprint density at radius 2 is 2.00 bits per heavy atom. The monoisotopic (exact) mass is 365 g/mol. The van der Waals surface area contributed by atoms with Crippen LogP contribution in [0, 0.1) is 11.3 Å². The summed E-state index contributed by atoms with van der Waals surface area (Å²) < 4.78 is 11.1. The number of aromatic nitrogens is 2. The lowest BCUT2D eigenvalue weighted by molar-refractivity contribution is 0.171. The van der Waals surface area contributed by atoms with Gasteiger partial charge in [-0.25, -0.2) is 4.98 Å². The third-order valence-electron chi connectivity index (χ3n) is 3.92. The van der Waals surface area contributed by atoms with E-state index in [1.165, 1.54) is 11.8 Å². The normalized spacial score (nSPS) is 14.0. The van der Waals surface area contributed by atoms with Crippen molar-refractivity contribution in [2.45, 2.75) is 4.90 Å². The van der Waals surface area contributed by atoms with Gasteiger partial charge in [-0.05, 0) is 30.3 Å². The maximum absolute atomic E-state index is 10.4. The minimum absolute atomic E-state index is 0.0218. The Morgan fingerprint density at radius 3 is 2.81 bits per heavy atom. The third kappa shape index (κ3) is 3.19. The van der Waals surface area contributed by atoms with Crippen molar-refractivity contribution in [3.63, 3.8) is 0 Å². The average molecular weight is 365 g/mol. The van der Waals surface area contributed by atoms with Gasteiger partial charge in [0.15, 0.2) is 17.3 Å². The van der Waals surface area contributed by atoms with Gasteiger partial charge in [-0.2, -0.15) is 5.26 Å². The van der Waals surface area contributed by atoms with E-state index in [4.69, 9.17) is 9.47 Å². The molecule has 0 atom stereocenters. The summed E-state index contributed by atoms with van der Waals surface area (Å²) in [5, 5.41) is 19.9. The summed E-state index contributed by atoms with van der Waals surface area (Å²) in [5.41, 5.74) is 1.72. The summed E-state index contributed by atoms with van der Waals surface area (Å²) in [6.45, 7) is 1.07. The van der Waals surface area contributed by atoms with Crippen LogP contribution in [-0.4, -0.2) is 34.0 Å². The summed E-state index contributed by atoms with van der Waals surface area (Å²) in [6, 6.07) is 15.2. The van der Waals surface area contributed by atoms with Gasteiger partial charge in [0, 0.05) is 4.90 Å². The maximum atomic E-state index is 10.4. The molecule has 1 aliphatic rings. The molecule has 2 N–H and O–H groups in total. The molecule has 0 saturated carbocycles. The molecule has 1 aromatic heterocycles. The predicted molar refractivity (Wildman–Crippen MR) is 99.4 cm³/mol. The van der Waals surface area contributed by atoms with Gasteiger partial charge >= 0.3 is 0 Å². The Morgan fingerprint density at radius 1 is 1.19 bits per heavy atom. The Kier molecular flexibility index (Phi) is 4.42. The number of thioether (sulfide) groups is 1. The van der Waals surface area contributed by atoms with Gasteiger partial charge in [-0.1, -0.05) is 12.1 Å². The van der Waals surface area contributed by atoms with Crippen LogP contribution in [0.4, 0.5) is 0 Å². The highest BCUT2D eigenvalue weighted by atomic mass is 32.2. The van der Waals surface area contributed by atoms with E-state index in [0.717, 1.165) is 21.7 Å². The molecule has 0 saturated heterocycles. The molecule has 4 rings (SSSR count). The summed E-state index contributed by atoms with van der Waals surface area (Å²) in [5.74, 6) is 2.02. The van der Waals surface area contributed by atoms with Crippen molar-refractivity contribution in [2.75, 3.05) is 19.0 Å². The first kappa shape index (κ1) is 16.4. The smallest absolute Gasteiger partial charge is 0.162 e. The fourth-order valence-electron chi connectivity index (χ4n) is 2.66. The van der Waals surface area contributed by atoms with Crippen LogP contribution < -0.4 is 9.47 Å². The second-order valence-electron chi connectivity index (χ2n) is 5.63. The van der Waals surface area contributed by atoms with Crippen LogP contribution in [0.3, 0.4) is 0 Å². The molecule has 6 nitrogen and oxygen atoms in total. The van der Waals surface area contributed by atoms with Crippen LogP contribution in [0.5, 0.6) is 11.5 Å². The number of nitrogens with zero attached hydrogens (tertiary/aromatic N) is 2. The number of aromatic amines is 1. The van der Waals surface area contributed by atoms with Crippen molar-refractivity contribution in [2.24, 2.45) is 0 Å². The van der Waals surface area contributed by atoms with Gasteiger partial charge in [-0.15, -0.1) is 11.8 Å².